The number of rotatable bonds is 1. The second kappa shape index (κ2) is 3.27. The largest absolute Gasteiger partial charge is 0.270 e. The number of hydrogen-bond donors (Lipinski definition) is 0. The maximum Gasteiger partial charge on any atom is 0.267 e. The highest BCUT2D eigenvalue weighted by Crippen LogP contribution is 2.63. The maximum absolute atomic E-state index is 11.5. The Morgan fingerprint density at radius 3 is 1.88 bits per heavy atom. The van der Waals surface area contributed by atoms with E-state index >= 15 is 0 Å². The summed E-state index contributed by atoms with van der Waals surface area (Å²) in [6.07, 6.45) is 8.09. The molecular weight excluding hydrogens is 236 g/mol. The van der Waals surface area contributed by atoms with Gasteiger partial charge in [0.15, 0.2) is 0 Å². The smallest absolute Gasteiger partial charge is 0.267 e. The van der Waals surface area contributed by atoms with Crippen LogP contribution >= 0.6 is 0 Å². The molecule has 4 aliphatic carbocycles. The third-order valence-electron chi connectivity index (χ3n) is 5.81. The van der Waals surface area contributed by atoms with Gasteiger partial charge >= 0.3 is 0 Å². The van der Waals surface area contributed by atoms with Crippen LogP contribution in [0.1, 0.15) is 38.5 Å². The summed E-state index contributed by atoms with van der Waals surface area (Å²) in [5.74, 6) is 3.26. The first-order chi connectivity index (χ1) is 8.05. The van der Waals surface area contributed by atoms with Crippen LogP contribution in [0.3, 0.4) is 0 Å². The molecule has 5 rings (SSSR count). The van der Waals surface area contributed by atoms with E-state index in [-0.39, 0.29) is 0 Å². The molecule has 4 heteroatoms. The van der Waals surface area contributed by atoms with Gasteiger partial charge in [0.25, 0.3) is 10.1 Å². The van der Waals surface area contributed by atoms with Gasteiger partial charge in [0.05, 0.1) is 12.4 Å². The lowest BCUT2D eigenvalue weighted by atomic mass is 9.47. The predicted octanol–water partition coefficient (Wildman–Crippen LogP) is 2.18. The first kappa shape index (κ1) is 10.8. The van der Waals surface area contributed by atoms with Crippen LogP contribution in [0.2, 0.25) is 0 Å². The monoisotopic (exact) mass is 256 g/mol. The van der Waals surface area contributed by atoms with Gasteiger partial charge in [0.1, 0.15) is 0 Å². The molecule has 1 heterocycles. The zero-order valence-corrected chi connectivity index (χ0v) is 10.9. The van der Waals surface area contributed by atoms with Crippen molar-refractivity contribution < 1.29 is 12.6 Å². The van der Waals surface area contributed by atoms with Crippen LogP contribution in [0.4, 0.5) is 0 Å². The molecule has 0 radical (unpaired) electrons. The van der Waals surface area contributed by atoms with E-state index in [4.69, 9.17) is 4.18 Å². The van der Waals surface area contributed by atoms with Crippen molar-refractivity contribution in [1.29, 1.82) is 0 Å². The Bertz CT molecular complexity index is 404. The van der Waals surface area contributed by atoms with Gasteiger partial charge in [0, 0.05) is 5.92 Å². The molecule has 1 saturated heterocycles. The van der Waals surface area contributed by atoms with Gasteiger partial charge in [-0.2, -0.15) is 8.42 Å². The Morgan fingerprint density at radius 2 is 1.47 bits per heavy atom. The molecule has 96 valence electrons. The SMILES string of the molecule is O=S1(=O)CC(C23CC4CC(CC(C4)C2)C3)CO1. The Hall–Kier alpha value is -0.0900. The Balaban J connectivity index is 1.65. The third kappa shape index (κ3) is 1.60. The summed E-state index contributed by atoms with van der Waals surface area (Å²) >= 11 is 0. The first-order valence-electron chi connectivity index (χ1n) is 6.92. The predicted molar refractivity (Wildman–Crippen MR) is 63.8 cm³/mol. The van der Waals surface area contributed by atoms with Gasteiger partial charge in [-0.15, -0.1) is 0 Å². The topological polar surface area (TPSA) is 43.4 Å². The minimum atomic E-state index is -3.19. The van der Waals surface area contributed by atoms with Crippen LogP contribution in [0, 0.1) is 29.1 Å². The Morgan fingerprint density at radius 1 is 0.941 bits per heavy atom. The molecule has 5 fully saturated rings. The van der Waals surface area contributed by atoms with E-state index in [9.17, 15) is 8.42 Å². The minimum Gasteiger partial charge on any atom is -0.270 e. The zero-order chi connectivity index (χ0) is 11.7. The van der Waals surface area contributed by atoms with Crippen molar-refractivity contribution in [1.82, 2.24) is 0 Å². The van der Waals surface area contributed by atoms with Gasteiger partial charge in [0.2, 0.25) is 0 Å². The van der Waals surface area contributed by atoms with Crippen molar-refractivity contribution >= 4 is 10.1 Å². The number of hydrogen-bond acceptors (Lipinski definition) is 3. The van der Waals surface area contributed by atoms with E-state index in [0.717, 1.165) is 17.8 Å². The summed E-state index contributed by atoms with van der Waals surface area (Å²) in [6, 6.07) is 0. The Labute approximate surface area is 103 Å². The second-order valence-corrected chi connectivity index (χ2v) is 8.67. The molecular formula is C13H20O3S. The van der Waals surface area contributed by atoms with Gasteiger partial charge < -0.3 is 0 Å². The molecule has 1 unspecified atom stereocenters. The molecule has 0 aromatic carbocycles. The van der Waals surface area contributed by atoms with Crippen molar-refractivity contribution in [2.45, 2.75) is 38.5 Å². The standard InChI is InChI=1S/C13H20O3S/c14-17(15)8-12(7-16-17)13-4-9-1-10(5-13)3-11(2-9)6-13/h9-12H,1-8H2. The molecule has 17 heavy (non-hydrogen) atoms. The molecule has 1 atom stereocenters. The van der Waals surface area contributed by atoms with Crippen molar-refractivity contribution in [3.8, 4) is 0 Å². The Kier molecular flexibility index (Phi) is 2.07. The van der Waals surface area contributed by atoms with Crippen LogP contribution < -0.4 is 0 Å². The zero-order valence-electron chi connectivity index (χ0n) is 10.1. The van der Waals surface area contributed by atoms with Gasteiger partial charge in [-0.05, 0) is 61.7 Å². The first-order valence-corrected chi connectivity index (χ1v) is 8.49. The molecule has 0 aromatic heterocycles. The van der Waals surface area contributed by atoms with Gasteiger partial charge in [-0.1, -0.05) is 0 Å². The molecule has 4 saturated carbocycles. The van der Waals surface area contributed by atoms with Crippen LogP contribution in [-0.4, -0.2) is 20.8 Å². The average Bonchev–Trinajstić information content (AvgIpc) is 2.57. The van der Waals surface area contributed by atoms with Gasteiger partial charge in [-0.25, -0.2) is 0 Å². The molecule has 0 spiro atoms. The van der Waals surface area contributed by atoms with Crippen molar-refractivity contribution in [2.75, 3.05) is 12.4 Å². The van der Waals surface area contributed by atoms with Crippen LogP contribution in [0.5, 0.6) is 0 Å². The minimum absolute atomic E-state index is 0.291. The summed E-state index contributed by atoms with van der Waals surface area (Å²) in [5.41, 5.74) is 0.332. The molecule has 3 nitrogen and oxygen atoms in total. The summed E-state index contributed by atoms with van der Waals surface area (Å²) < 4.78 is 28.0. The highest BCUT2D eigenvalue weighted by Gasteiger charge is 2.56. The van der Waals surface area contributed by atoms with Crippen LogP contribution in [0.15, 0.2) is 0 Å². The highest BCUT2D eigenvalue weighted by molar-refractivity contribution is 7.86. The van der Waals surface area contributed by atoms with E-state index in [1.165, 1.54) is 38.5 Å². The van der Waals surface area contributed by atoms with Crippen LogP contribution in [0.25, 0.3) is 0 Å². The summed E-state index contributed by atoms with van der Waals surface area (Å²) in [5, 5.41) is 0. The molecule has 0 N–H and O–H groups in total. The molecule has 1 aliphatic heterocycles. The normalized spacial score (nSPS) is 55.3. The third-order valence-corrected chi connectivity index (χ3v) is 7.11. The quantitative estimate of drug-likeness (QED) is 0.675. The highest BCUT2D eigenvalue weighted by atomic mass is 32.2. The molecule has 5 aliphatic rings. The van der Waals surface area contributed by atoms with Crippen molar-refractivity contribution in [2.24, 2.45) is 29.1 Å². The average molecular weight is 256 g/mol. The lowest BCUT2D eigenvalue weighted by molar-refractivity contribution is -0.0849. The van der Waals surface area contributed by atoms with E-state index in [1.54, 1.807) is 0 Å². The van der Waals surface area contributed by atoms with Gasteiger partial charge in [-0.3, -0.25) is 4.18 Å². The molecule has 0 aromatic rings. The fourth-order valence-corrected chi connectivity index (χ4v) is 6.97. The summed E-state index contributed by atoms with van der Waals surface area (Å²) in [6.45, 7) is 0.467. The van der Waals surface area contributed by atoms with E-state index in [1.807, 2.05) is 0 Å². The van der Waals surface area contributed by atoms with E-state index in [2.05, 4.69) is 0 Å². The fourth-order valence-electron chi connectivity index (χ4n) is 5.56. The van der Waals surface area contributed by atoms with Crippen molar-refractivity contribution in [3.05, 3.63) is 0 Å². The maximum atomic E-state index is 11.5. The second-order valence-electron chi connectivity index (χ2n) is 6.99. The van der Waals surface area contributed by atoms with Crippen molar-refractivity contribution in [3.63, 3.8) is 0 Å². The van der Waals surface area contributed by atoms with Crippen LogP contribution in [-0.2, 0) is 14.3 Å². The van der Waals surface area contributed by atoms with E-state index in [0.29, 0.717) is 23.7 Å². The lowest BCUT2D eigenvalue weighted by Crippen LogP contribution is -2.50. The summed E-state index contributed by atoms with van der Waals surface area (Å²) in [4.78, 5) is 0. The molecule has 0 amide bonds. The summed E-state index contributed by atoms with van der Waals surface area (Å²) in [7, 11) is -3.19. The lowest BCUT2D eigenvalue weighted by Gasteiger charge is -2.58. The molecule has 4 bridgehead atoms. The van der Waals surface area contributed by atoms with E-state index < -0.39 is 10.1 Å². The fraction of sp³-hybridized carbons (Fsp3) is 1.00.